The summed E-state index contributed by atoms with van der Waals surface area (Å²) in [6.07, 6.45) is 0. The van der Waals surface area contributed by atoms with E-state index in [9.17, 15) is 9.59 Å². The summed E-state index contributed by atoms with van der Waals surface area (Å²) < 4.78 is 6.34. The van der Waals surface area contributed by atoms with Gasteiger partial charge in [-0.2, -0.15) is 0 Å². The summed E-state index contributed by atoms with van der Waals surface area (Å²) in [4.78, 5) is 25.1. The molecule has 0 aliphatic carbocycles. The number of hydrogen-bond acceptors (Lipinski definition) is 4. The topological polar surface area (TPSA) is 75.7 Å². The van der Waals surface area contributed by atoms with Crippen LogP contribution in [0.2, 0.25) is 0 Å². The van der Waals surface area contributed by atoms with Crippen LogP contribution in [0.25, 0.3) is 11.1 Å². The van der Waals surface area contributed by atoms with E-state index in [1.807, 2.05) is 0 Å². The lowest BCUT2D eigenvalue weighted by Gasteiger charge is -2.23. The first-order chi connectivity index (χ1) is 9.04. The number of oxazole rings is 1. The number of carbonyl (C=O) groups is 1. The van der Waals surface area contributed by atoms with Crippen molar-refractivity contribution in [2.45, 2.75) is 19.5 Å². The number of benzene rings is 1. The molecule has 1 atom stereocenters. The van der Waals surface area contributed by atoms with Crippen LogP contribution < -0.4 is 5.76 Å². The van der Waals surface area contributed by atoms with Crippen molar-refractivity contribution in [1.82, 2.24) is 9.47 Å². The van der Waals surface area contributed by atoms with Crippen molar-refractivity contribution in [2.24, 2.45) is 0 Å². The van der Waals surface area contributed by atoms with Gasteiger partial charge in [0.05, 0.1) is 18.2 Å². The van der Waals surface area contributed by atoms with E-state index in [0.717, 1.165) is 0 Å². The van der Waals surface area contributed by atoms with Crippen LogP contribution >= 0.6 is 0 Å². The maximum atomic E-state index is 12.0. The van der Waals surface area contributed by atoms with Gasteiger partial charge in [0, 0.05) is 7.05 Å². The molecule has 2 rings (SSSR count). The van der Waals surface area contributed by atoms with Crippen molar-refractivity contribution >= 4 is 17.0 Å². The average Bonchev–Trinajstić information content (AvgIpc) is 2.73. The lowest BCUT2D eigenvalue weighted by atomic mass is 10.3. The highest BCUT2D eigenvalue weighted by Gasteiger charge is 2.18. The summed E-state index contributed by atoms with van der Waals surface area (Å²) in [5, 5.41) is 9.03. The predicted octanol–water partition coefficient (Wildman–Crippen LogP) is 0.434. The largest absolute Gasteiger partial charge is 0.420 e. The number of amides is 1. The standard InChI is InChI=1S/C13H16N2O4/c1-9(8-16)14(2)12(17)7-15-10-5-3-4-6-11(10)19-13(15)18/h3-6,9,16H,7-8H2,1-2H3. The third-order valence-corrected chi connectivity index (χ3v) is 3.19. The average molecular weight is 264 g/mol. The van der Waals surface area contributed by atoms with Crippen LogP contribution in [-0.2, 0) is 11.3 Å². The van der Waals surface area contributed by atoms with Gasteiger partial charge >= 0.3 is 5.76 Å². The zero-order chi connectivity index (χ0) is 14.0. The van der Waals surface area contributed by atoms with Gasteiger partial charge in [-0.3, -0.25) is 9.36 Å². The first-order valence-corrected chi connectivity index (χ1v) is 5.99. The molecule has 1 unspecified atom stereocenters. The molecule has 2 aromatic rings. The minimum atomic E-state index is -0.556. The highest BCUT2D eigenvalue weighted by atomic mass is 16.4. The van der Waals surface area contributed by atoms with Crippen molar-refractivity contribution in [1.29, 1.82) is 0 Å². The number of likely N-dealkylation sites (N-methyl/N-ethyl adjacent to an activating group) is 1. The van der Waals surface area contributed by atoms with E-state index in [4.69, 9.17) is 9.52 Å². The number of para-hydroxylation sites is 2. The molecular weight excluding hydrogens is 248 g/mol. The highest BCUT2D eigenvalue weighted by molar-refractivity contribution is 5.79. The Bertz CT molecular complexity index is 643. The second kappa shape index (κ2) is 5.27. The lowest BCUT2D eigenvalue weighted by Crippen LogP contribution is -2.40. The van der Waals surface area contributed by atoms with Gasteiger partial charge in [0.1, 0.15) is 6.54 Å². The van der Waals surface area contributed by atoms with E-state index in [-0.39, 0.29) is 25.1 Å². The van der Waals surface area contributed by atoms with Gasteiger partial charge in [0.25, 0.3) is 0 Å². The van der Waals surface area contributed by atoms with Gasteiger partial charge in [-0.05, 0) is 19.1 Å². The SMILES string of the molecule is CC(CO)N(C)C(=O)Cn1c(=O)oc2ccccc21. The lowest BCUT2D eigenvalue weighted by molar-refractivity contribution is -0.133. The zero-order valence-corrected chi connectivity index (χ0v) is 10.9. The molecule has 19 heavy (non-hydrogen) atoms. The molecule has 0 bridgehead atoms. The fourth-order valence-electron chi connectivity index (χ4n) is 1.78. The first kappa shape index (κ1) is 13.4. The van der Waals surface area contributed by atoms with Gasteiger partial charge in [0.2, 0.25) is 5.91 Å². The summed E-state index contributed by atoms with van der Waals surface area (Å²) in [5.41, 5.74) is 1.05. The smallest absolute Gasteiger partial charge is 0.408 e. The fraction of sp³-hybridized carbons (Fsp3) is 0.385. The van der Waals surface area contributed by atoms with Crippen LogP contribution in [0, 0.1) is 0 Å². The van der Waals surface area contributed by atoms with Gasteiger partial charge < -0.3 is 14.4 Å². The Morgan fingerprint density at radius 2 is 2.16 bits per heavy atom. The maximum absolute atomic E-state index is 12.0. The molecule has 0 fully saturated rings. The van der Waals surface area contributed by atoms with Crippen LogP contribution in [-0.4, -0.2) is 40.2 Å². The number of carbonyl (C=O) groups excluding carboxylic acids is 1. The van der Waals surface area contributed by atoms with Gasteiger partial charge in [0.15, 0.2) is 5.58 Å². The number of hydrogen-bond donors (Lipinski definition) is 1. The molecule has 1 heterocycles. The van der Waals surface area contributed by atoms with Crippen molar-refractivity contribution in [2.75, 3.05) is 13.7 Å². The molecule has 1 N–H and O–H groups in total. The molecule has 6 heteroatoms. The number of aliphatic hydroxyl groups is 1. The molecule has 6 nitrogen and oxygen atoms in total. The quantitative estimate of drug-likeness (QED) is 0.869. The number of fused-ring (bicyclic) bond motifs is 1. The number of nitrogens with zero attached hydrogens (tertiary/aromatic N) is 2. The van der Waals surface area contributed by atoms with Crippen LogP contribution in [0.5, 0.6) is 0 Å². The Morgan fingerprint density at radius 3 is 2.84 bits per heavy atom. The van der Waals surface area contributed by atoms with E-state index in [1.54, 1.807) is 38.2 Å². The minimum absolute atomic E-state index is 0.101. The number of aliphatic hydroxyl groups excluding tert-OH is 1. The van der Waals surface area contributed by atoms with E-state index in [1.165, 1.54) is 9.47 Å². The molecule has 0 aliphatic heterocycles. The molecule has 0 saturated heterocycles. The van der Waals surface area contributed by atoms with Crippen LogP contribution in [0.1, 0.15) is 6.92 Å². The molecule has 0 saturated carbocycles. The Hall–Kier alpha value is -2.08. The Kier molecular flexibility index (Phi) is 3.71. The van der Waals surface area contributed by atoms with Gasteiger partial charge in [-0.1, -0.05) is 12.1 Å². The molecule has 0 radical (unpaired) electrons. The van der Waals surface area contributed by atoms with E-state index in [0.29, 0.717) is 11.1 Å². The number of rotatable bonds is 4. The van der Waals surface area contributed by atoms with Gasteiger partial charge in [-0.25, -0.2) is 4.79 Å². The fourth-order valence-corrected chi connectivity index (χ4v) is 1.78. The monoisotopic (exact) mass is 264 g/mol. The predicted molar refractivity (Wildman–Crippen MR) is 69.8 cm³/mol. The Labute approximate surface area is 109 Å². The Morgan fingerprint density at radius 1 is 1.47 bits per heavy atom. The van der Waals surface area contributed by atoms with E-state index in [2.05, 4.69) is 0 Å². The van der Waals surface area contributed by atoms with Crippen molar-refractivity contribution < 1.29 is 14.3 Å². The minimum Gasteiger partial charge on any atom is -0.408 e. The molecular formula is C13H16N2O4. The molecule has 102 valence electrons. The molecule has 0 aliphatic rings. The summed E-state index contributed by atoms with van der Waals surface area (Å²) in [5.74, 6) is -0.810. The maximum Gasteiger partial charge on any atom is 0.420 e. The van der Waals surface area contributed by atoms with Crippen LogP contribution in [0.15, 0.2) is 33.5 Å². The normalized spacial score (nSPS) is 12.6. The summed E-state index contributed by atoms with van der Waals surface area (Å²) >= 11 is 0. The molecule has 1 aromatic carbocycles. The van der Waals surface area contributed by atoms with Gasteiger partial charge in [-0.15, -0.1) is 0 Å². The van der Waals surface area contributed by atoms with E-state index >= 15 is 0 Å². The molecule has 1 amide bonds. The van der Waals surface area contributed by atoms with Crippen molar-refractivity contribution in [3.8, 4) is 0 Å². The Balaban J connectivity index is 2.29. The first-order valence-electron chi connectivity index (χ1n) is 5.99. The second-order valence-corrected chi connectivity index (χ2v) is 4.46. The van der Waals surface area contributed by atoms with Crippen molar-refractivity contribution in [3.05, 3.63) is 34.8 Å². The highest BCUT2D eigenvalue weighted by Crippen LogP contribution is 2.12. The second-order valence-electron chi connectivity index (χ2n) is 4.46. The van der Waals surface area contributed by atoms with Crippen LogP contribution in [0.3, 0.4) is 0 Å². The zero-order valence-electron chi connectivity index (χ0n) is 10.9. The molecule has 1 aromatic heterocycles. The van der Waals surface area contributed by atoms with Crippen molar-refractivity contribution in [3.63, 3.8) is 0 Å². The summed E-state index contributed by atoms with van der Waals surface area (Å²) in [6, 6.07) is 6.65. The third-order valence-electron chi connectivity index (χ3n) is 3.19. The summed E-state index contributed by atoms with van der Waals surface area (Å²) in [7, 11) is 1.59. The van der Waals surface area contributed by atoms with E-state index < -0.39 is 5.76 Å². The third kappa shape index (κ3) is 2.53. The molecule has 0 spiro atoms. The summed E-state index contributed by atoms with van der Waals surface area (Å²) in [6.45, 7) is 1.51. The number of aromatic nitrogens is 1. The van der Waals surface area contributed by atoms with Crippen LogP contribution in [0.4, 0.5) is 0 Å².